The molecule has 13 N–H and O–H groups in total. The van der Waals surface area contributed by atoms with Crippen molar-refractivity contribution in [1.29, 1.82) is 0 Å². The average Bonchev–Trinajstić information content (AvgIpc) is 3.37. The maximum Gasteiger partial charge on any atom is 0.326 e. The predicted octanol–water partition coefficient (Wildman–Crippen LogP) is -3.27. The fourth-order valence-electron chi connectivity index (χ4n) is 3.80. The third kappa shape index (κ3) is 12.9. The van der Waals surface area contributed by atoms with E-state index in [-0.39, 0.29) is 38.2 Å². The van der Waals surface area contributed by atoms with Crippen LogP contribution in [0.3, 0.4) is 0 Å². The Morgan fingerprint density at radius 2 is 1.51 bits per heavy atom. The molecule has 1 fully saturated rings. The standard InChI is InChI=1S/C22H41N9O6/c23-10-2-1-5-14(19(34)31-16(21(36)37)7-4-12-28-22(25)26)29-20(35)15(8-9-17(24)32)30-18(33)13-6-3-11-27-13/h13-16,27H,1-12,23H2,(H2,24,32)(H,29,35)(H,30,33)(H,31,34)(H,36,37)(H4,25,26,28). The number of rotatable bonds is 18. The van der Waals surface area contributed by atoms with Gasteiger partial charge in [0.15, 0.2) is 5.96 Å². The molecular weight excluding hydrogens is 486 g/mol. The van der Waals surface area contributed by atoms with Gasteiger partial charge in [-0.05, 0) is 64.5 Å². The number of guanidine groups is 1. The maximum atomic E-state index is 13.1. The average molecular weight is 528 g/mol. The zero-order valence-electron chi connectivity index (χ0n) is 21.0. The van der Waals surface area contributed by atoms with Crippen molar-refractivity contribution < 1.29 is 29.1 Å². The van der Waals surface area contributed by atoms with E-state index in [4.69, 9.17) is 22.9 Å². The molecule has 210 valence electrons. The molecule has 0 radical (unpaired) electrons. The fraction of sp³-hybridized carbons (Fsp3) is 0.727. The monoisotopic (exact) mass is 527 g/mol. The third-order valence-electron chi connectivity index (χ3n) is 5.83. The first kappa shape index (κ1) is 31.6. The minimum atomic E-state index is -1.25. The second-order valence-electron chi connectivity index (χ2n) is 8.91. The van der Waals surface area contributed by atoms with Crippen molar-refractivity contribution in [3.8, 4) is 0 Å². The number of amides is 4. The molecule has 0 aromatic heterocycles. The van der Waals surface area contributed by atoms with E-state index >= 15 is 0 Å². The Morgan fingerprint density at radius 1 is 0.892 bits per heavy atom. The van der Waals surface area contributed by atoms with Gasteiger partial charge >= 0.3 is 5.97 Å². The number of carboxylic acids is 1. The Bertz CT molecular complexity index is 812. The molecule has 1 rings (SSSR count). The van der Waals surface area contributed by atoms with Gasteiger partial charge in [-0.25, -0.2) is 4.79 Å². The molecule has 0 aliphatic carbocycles. The second-order valence-corrected chi connectivity index (χ2v) is 8.91. The molecule has 1 aliphatic heterocycles. The SMILES string of the molecule is NCCCCC(NC(=O)C(CCC(N)=O)NC(=O)C1CCCN1)C(=O)NC(CCCN=C(N)N)C(=O)O. The van der Waals surface area contributed by atoms with E-state index in [1.54, 1.807) is 0 Å². The molecule has 0 aromatic carbocycles. The van der Waals surface area contributed by atoms with Gasteiger partial charge in [-0.1, -0.05) is 0 Å². The van der Waals surface area contributed by atoms with Crippen LogP contribution in [0.2, 0.25) is 0 Å². The molecule has 15 nitrogen and oxygen atoms in total. The first-order chi connectivity index (χ1) is 17.5. The summed E-state index contributed by atoms with van der Waals surface area (Å²) in [7, 11) is 0. The Kier molecular flexibility index (Phi) is 14.6. The van der Waals surface area contributed by atoms with Gasteiger partial charge in [0.25, 0.3) is 0 Å². The molecule has 1 heterocycles. The molecule has 0 saturated carbocycles. The van der Waals surface area contributed by atoms with E-state index < -0.39 is 53.8 Å². The molecule has 0 bridgehead atoms. The van der Waals surface area contributed by atoms with Gasteiger partial charge < -0.3 is 49.3 Å². The zero-order chi connectivity index (χ0) is 27.8. The minimum absolute atomic E-state index is 0.0562. The van der Waals surface area contributed by atoms with E-state index in [1.165, 1.54) is 0 Å². The summed E-state index contributed by atoms with van der Waals surface area (Å²) in [6, 6.07) is -3.88. The number of hydrogen-bond acceptors (Lipinski definition) is 8. The van der Waals surface area contributed by atoms with Crippen molar-refractivity contribution in [2.24, 2.45) is 27.9 Å². The van der Waals surface area contributed by atoms with Crippen LogP contribution in [0, 0.1) is 0 Å². The smallest absolute Gasteiger partial charge is 0.326 e. The fourth-order valence-corrected chi connectivity index (χ4v) is 3.80. The van der Waals surface area contributed by atoms with Crippen molar-refractivity contribution in [2.45, 2.75) is 82.0 Å². The molecule has 1 saturated heterocycles. The molecular formula is C22H41N9O6. The summed E-state index contributed by atoms with van der Waals surface area (Å²) < 4.78 is 0. The summed E-state index contributed by atoms with van der Waals surface area (Å²) in [4.78, 5) is 65.4. The lowest BCUT2D eigenvalue weighted by atomic mass is 10.0. The van der Waals surface area contributed by atoms with Crippen molar-refractivity contribution in [2.75, 3.05) is 19.6 Å². The highest BCUT2D eigenvalue weighted by Crippen LogP contribution is 2.09. The number of primary amides is 1. The number of unbranched alkanes of at least 4 members (excludes halogenated alkanes) is 1. The van der Waals surface area contributed by atoms with Gasteiger partial charge in [0.1, 0.15) is 18.1 Å². The molecule has 4 unspecified atom stereocenters. The van der Waals surface area contributed by atoms with Crippen LogP contribution < -0.4 is 44.2 Å². The summed E-state index contributed by atoms with van der Waals surface area (Å²) in [5.74, 6) is -3.79. The Balaban J connectivity index is 2.91. The Morgan fingerprint density at radius 3 is 2.05 bits per heavy atom. The largest absolute Gasteiger partial charge is 0.480 e. The molecule has 15 heteroatoms. The normalized spacial score (nSPS) is 17.2. The number of aliphatic imine (C=N–C) groups is 1. The molecule has 37 heavy (non-hydrogen) atoms. The number of carboxylic acid groups (broad SMARTS) is 1. The quantitative estimate of drug-likeness (QED) is 0.0487. The summed E-state index contributed by atoms with van der Waals surface area (Å²) in [5, 5.41) is 20.2. The molecule has 4 atom stereocenters. The first-order valence-electron chi connectivity index (χ1n) is 12.5. The minimum Gasteiger partial charge on any atom is -0.480 e. The van der Waals surface area contributed by atoms with E-state index in [9.17, 15) is 29.1 Å². The number of aliphatic carboxylic acids is 1. The van der Waals surface area contributed by atoms with E-state index in [1.807, 2.05) is 0 Å². The van der Waals surface area contributed by atoms with E-state index in [0.717, 1.165) is 6.42 Å². The maximum absolute atomic E-state index is 13.1. The summed E-state index contributed by atoms with van der Waals surface area (Å²) in [6.45, 7) is 1.24. The predicted molar refractivity (Wildman–Crippen MR) is 136 cm³/mol. The van der Waals surface area contributed by atoms with Crippen LogP contribution >= 0.6 is 0 Å². The zero-order valence-corrected chi connectivity index (χ0v) is 21.0. The molecule has 0 spiro atoms. The van der Waals surface area contributed by atoms with Crippen molar-refractivity contribution in [3.05, 3.63) is 0 Å². The number of carbonyl (C=O) groups excluding carboxylic acids is 4. The third-order valence-corrected chi connectivity index (χ3v) is 5.83. The van der Waals surface area contributed by atoms with Gasteiger partial charge in [-0.3, -0.25) is 24.2 Å². The highest BCUT2D eigenvalue weighted by atomic mass is 16.4. The highest BCUT2D eigenvalue weighted by molar-refractivity contribution is 5.94. The van der Waals surface area contributed by atoms with E-state index in [0.29, 0.717) is 38.8 Å². The van der Waals surface area contributed by atoms with Crippen molar-refractivity contribution in [1.82, 2.24) is 21.3 Å². The van der Waals surface area contributed by atoms with Crippen LogP contribution in [0.15, 0.2) is 4.99 Å². The van der Waals surface area contributed by atoms with Crippen LogP contribution in [-0.4, -0.2) is 84.5 Å². The van der Waals surface area contributed by atoms with E-state index in [2.05, 4.69) is 26.3 Å². The van der Waals surface area contributed by atoms with Crippen LogP contribution in [-0.2, 0) is 24.0 Å². The van der Waals surface area contributed by atoms with Gasteiger partial charge in [0.05, 0.1) is 6.04 Å². The number of nitrogens with zero attached hydrogens (tertiary/aromatic N) is 1. The second kappa shape index (κ2) is 17.1. The van der Waals surface area contributed by atoms with Crippen molar-refractivity contribution in [3.63, 3.8) is 0 Å². The lowest BCUT2D eigenvalue weighted by Crippen LogP contribution is -2.57. The van der Waals surface area contributed by atoms with Crippen LogP contribution in [0.5, 0.6) is 0 Å². The number of carbonyl (C=O) groups is 5. The summed E-state index contributed by atoms with van der Waals surface area (Å²) in [6.07, 6.45) is 2.84. The topological polar surface area (TPSA) is 270 Å². The van der Waals surface area contributed by atoms with Crippen LogP contribution in [0.25, 0.3) is 0 Å². The van der Waals surface area contributed by atoms with Gasteiger partial charge in [0.2, 0.25) is 23.6 Å². The number of nitrogens with one attached hydrogen (secondary N) is 4. The Labute approximate surface area is 215 Å². The molecule has 4 amide bonds. The van der Waals surface area contributed by atoms with Crippen LogP contribution in [0.4, 0.5) is 0 Å². The van der Waals surface area contributed by atoms with Crippen molar-refractivity contribution >= 4 is 35.6 Å². The summed E-state index contributed by atoms with van der Waals surface area (Å²) >= 11 is 0. The van der Waals surface area contributed by atoms with Gasteiger partial charge in [0, 0.05) is 13.0 Å². The molecule has 1 aliphatic rings. The lowest BCUT2D eigenvalue weighted by Gasteiger charge is -2.25. The molecule has 0 aromatic rings. The van der Waals surface area contributed by atoms with Crippen LogP contribution in [0.1, 0.15) is 57.8 Å². The summed E-state index contributed by atoms with van der Waals surface area (Å²) in [5.41, 5.74) is 21.3. The highest BCUT2D eigenvalue weighted by Gasteiger charge is 2.31. The lowest BCUT2D eigenvalue weighted by molar-refractivity contribution is -0.142. The van der Waals surface area contributed by atoms with Gasteiger partial charge in [-0.15, -0.1) is 0 Å². The Hall–Kier alpha value is -3.46. The number of nitrogens with two attached hydrogens (primary N) is 4. The first-order valence-corrected chi connectivity index (χ1v) is 12.5. The number of hydrogen-bond donors (Lipinski definition) is 9. The van der Waals surface area contributed by atoms with Gasteiger partial charge in [-0.2, -0.15) is 0 Å².